The summed E-state index contributed by atoms with van der Waals surface area (Å²) in [5.41, 5.74) is 3.87. The minimum atomic E-state index is 0.529. The number of hydrogen-bond donors (Lipinski definition) is 1. The topological polar surface area (TPSA) is 21.3 Å². The molecule has 0 heterocycles. The van der Waals surface area contributed by atoms with Crippen molar-refractivity contribution in [3.05, 3.63) is 28.8 Å². The molecule has 0 aliphatic rings. The molecule has 0 radical (unpaired) electrons. The summed E-state index contributed by atoms with van der Waals surface area (Å²) in [5.74, 6) is 1.59. The molecule has 0 amide bonds. The quantitative estimate of drug-likeness (QED) is 0.825. The molecule has 0 aromatic heterocycles. The van der Waals surface area contributed by atoms with E-state index in [1.54, 1.807) is 7.11 Å². The molecule has 16 heavy (non-hydrogen) atoms. The summed E-state index contributed by atoms with van der Waals surface area (Å²) in [4.78, 5) is 0. The van der Waals surface area contributed by atoms with Crippen LogP contribution in [0.3, 0.4) is 0 Å². The Bertz CT molecular complexity index is 347. The van der Waals surface area contributed by atoms with Crippen LogP contribution in [-0.4, -0.2) is 20.7 Å². The van der Waals surface area contributed by atoms with Gasteiger partial charge in [-0.2, -0.15) is 0 Å². The SMILES string of the molecule is CNCCC(C)c1ccc(C)c(C)c1OC. The lowest BCUT2D eigenvalue weighted by Gasteiger charge is -2.18. The van der Waals surface area contributed by atoms with Crippen LogP contribution in [0, 0.1) is 13.8 Å². The summed E-state index contributed by atoms with van der Waals surface area (Å²) in [6.07, 6.45) is 1.13. The molecule has 0 aliphatic heterocycles. The smallest absolute Gasteiger partial charge is 0.125 e. The van der Waals surface area contributed by atoms with Gasteiger partial charge >= 0.3 is 0 Å². The molecular formula is C14H23NO. The molecule has 1 N–H and O–H groups in total. The highest BCUT2D eigenvalue weighted by molar-refractivity contribution is 5.46. The van der Waals surface area contributed by atoms with E-state index < -0.39 is 0 Å². The number of hydrogen-bond acceptors (Lipinski definition) is 2. The van der Waals surface area contributed by atoms with Crippen molar-refractivity contribution in [2.75, 3.05) is 20.7 Å². The van der Waals surface area contributed by atoms with Crippen molar-refractivity contribution >= 4 is 0 Å². The Morgan fingerprint density at radius 1 is 1.31 bits per heavy atom. The normalized spacial score (nSPS) is 12.6. The van der Waals surface area contributed by atoms with Crippen LogP contribution in [-0.2, 0) is 0 Å². The van der Waals surface area contributed by atoms with Crippen LogP contribution in [0.4, 0.5) is 0 Å². The van der Waals surface area contributed by atoms with Crippen molar-refractivity contribution in [1.29, 1.82) is 0 Å². The average Bonchev–Trinajstić information content (AvgIpc) is 2.29. The van der Waals surface area contributed by atoms with Gasteiger partial charge in [0.1, 0.15) is 5.75 Å². The van der Waals surface area contributed by atoms with E-state index in [0.29, 0.717) is 5.92 Å². The fraction of sp³-hybridized carbons (Fsp3) is 0.571. The van der Waals surface area contributed by atoms with Crippen molar-refractivity contribution in [2.24, 2.45) is 0 Å². The highest BCUT2D eigenvalue weighted by atomic mass is 16.5. The van der Waals surface area contributed by atoms with Gasteiger partial charge in [0.15, 0.2) is 0 Å². The number of rotatable bonds is 5. The van der Waals surface area contributed by atoms with E-state index in [1.165, 1.54) is 16.7 Å². The molecular weight excluding hydrogens is 198 g/mol. The van der Waals surface area contributed by atoms with Crippen molar-refractivity contribution in [3.8, 4) is 5.75 Å². The zero-order valence-electron chi connectivity index (χ0n) is 11.1. The maximum absolute atomic E-state index is 5.54. The second-order valence-corrected chi connectivity index (χ2v) is 4.42. The zero-order chi connectivity index (χ0) is 12.1. The van der Waals surface area contributed by atoms with Gasteiger partial charge in [0, 0.05) is 0 Å². The molecule has 0 saturated carbocycles. The maximum Gasteiger partial charge on any atom is 0.125 e. The number of nitrogens with one attached hydrogen (secondary N) is 1. The molecule has 2 nitrogen and oxygen atoms in total. The molecule has 1 atom stereocenters. The lowest BCUT2D eigenvalue weighted by Crippen LogP contribution is -2.11. The van der Waals surface area contributed by atoms with Crippen LogP contribution in [0.2, 0.25) is 0 Å². The first-order valence-electron chi connectivity index (χ1n) is 5.90. The summed E-state index contributed by atoms with van der Waals surface area (Å²) < 4.78 is 5.54. The molecule has 1 rings (SSSR count). The number of benzene rings is 1. The molecule has 0 saturated heterocycles. The first kappa shape index (κ1) is 13.0. The van der Waals surface area contributed by atoms with Crippen LogP contribution in [0.25, 0.3) is 0 Å². The van der Waals surface area contributed by atoms with E-state index >= 15 is 0 Å². The van der Waals surface area contributed by atoms with E-state index in [1.807, 2.05) is 7.05 Å². The second kappa shape index (κ2) is 5.90. The predicted octanol–water partition coefficient (Wildman–Crippen LogP) is 3.03. The first-order chi connectivity index (χ1) is 7.61. The van der Waals surface area contributed by atoms with Crippen molar-refractivity contribution in [1.82, 2.24) is 5.32 Å². The third-order valence-electron chi connectivity index (χ3n) is 3.27. The number of methoxy groups -OCH3 is 1. The second-order valence-electron chi connectivity index (χ2n) is 4.42. The van der Waals surface area contributed by atoms with E-state index in [9.17, 15) is 0 Å². The summed E-state index contributed by atoms with van der Waals surface area (Å²) in [7, 11) is 3.75. The summed E-state index contributed by atoms with van der Waals surface area (Å²) in [6.45, 7) is 7.55. The Morgan fingerprint density at radius 2 is 2.00 bits per heavy atom. The third kappa shape index (κ3) is 2.76. The van der Waals surface area contributed by atoms with E-state index in [2.05, 4.69) is 38.2 Å². The summed E-state index contributed by atoms with van der Waals surface area (Å²) in [6, 6.07) is 4.38. The molecule has 90 valence electrons. The fourth-order valence-electron chi connectivity index (χ4n) is 1.99. The molecule has 0 bridgehead atoms. The van der Waals surface area contributed by atoms with Gasteiger partial charge < -0.3 is 10.1 Å². The van der Waals surface area contributed by atoms with Crippen molar-refractivity contribution < 1.29 is 4.74 Å². The fourth-order valence-corrected chi connectivity index (χ4v) is 1.99. The van der Waals surface area contributed by atoms with Gasteiger partial charge in [0.25, 0.3) is 0 Å². The van der Waals surface area contributed by atoms with Gasteiger partial charge in [0.05, 0.1) is 7.11 Å². The summed E-state index contributed by atoms with van der Waals surface area (Å²) in [5, 5.41) is 3.19. The van der Waals surface area contributed by atoms with Crippen LogP contribution in [0.15, 0.2) is 12.1 Å². The Hall–Kier alpha value is -1.02. The summed E-state index contributed by atoms with van der Waals surface area (Å²) >= 11 is 0. The number of aryl methyl sites for hydroxylation is 1. The minimum absolute atomic E-state index is 0.529. The average molecular weight is 221 g/mol. The molecule has 2 heteroatoms. The van der Waals surface area contributed by atoms with Gasteiger partial charge in [-0.1, -0.05) is 19.1 Å². The molecule has 0 spiro atoms. The van der Waals surface area contributed by atoms with Crippen molar-refractivity contribution in [2.45, 2.75) is 33.1 Å². The van der Waals surface area contributed by atoms with Crippen LogP contribution in [0.1, 0.15) is 36.0 Å². The van der Waals surface area contributed by atoms with Crippen molar-refractivity contribution in [3.63, 3.8) is 0 Å². The van der Waals surface area contributed by atoms with Gasteiger partial charge in [-0.05, 0) is 56.5 Å². The van der Waals surface area contributed by atoms with Crippen LogP contribution >= 0.6 is 0 Å². The van der Waals surface area contributed by atoms with E-state index in [4.69, 9.17) is 4.74 Å². The lowest BCUT2D eigenvalue weighted by atomic mass is 9.93. The van der Waals surface area contributed by atoms with Gasteiger partial charge in [0.2, 0.25) is 0 Å². The minimum Gasteiger partial charge on any atom is -0.496 e. The van der Waals surface area contributed by atoms with E-state index in [0.717, 1.165) is 18.7 Å². The largest absolute Gasteiger partial charge is 0.496 e. The molecule has 0 aliphatic carbocycles. The van der Waals surface area contributed by atoms with Gasteiger partial charge in [-0.3, -0.25) is 0 Å². The highest BCUT2D eigenvalue weighted by Crippen LogP contribution is 2.32. The first-order valence-corrected chi connectivity index (χ1v) is 5.90. The number of ether oxygens (including phenoxy) is 1. The van der Waals surface area contributed by atoms with Gasteiger partial charge in [-0.15, -0.1) is 0 Å². The maximum atomic E-state index is 5.54. The molecule has 0 fully saturated rings. The Morgan fingerprint density at radius 3 is 2.56 bits per heavy atom. The zero-order valence-corrected chi connectivity index (χ0v) is 11.1. The van der Waals surface area contributed by atoms with Gasteiger partial charge in [-0.25, -0.2) is 0 Å². The molecule has 1 aromatic carbocycles. The Balaban J connectivity index is 2.99. The van der Waals surface area contributed by atoms with Crippen LogP contribution in [0.5, 0.6) is 5.75 Å². The lowest BCUT2D eigenvalue weighted by molar-refractivity contribution is 0.401. The highest BCUT2D eigenvalue weighted by Gasteiger charge is 2.13. The Labute approximate surface area is 99.0 Å². The molecule has 1 unspecified atom stereocenters. The van der Waals surface area contributed by atoms with E-state index in [-0.39, 0.29) is 0 Å². The predicted molar refractivity (Wildman–Crippen MR) is 69.4 cm³/mol. The molecule has 1 aromatic rings. The van der Waals surface area contributed by atoms with Crippen LogP contribution < -0.4 is 10.1 Å². The third-order valence-corrected chi connectivity index (χ3v) is 3.27. The standard InChI is InChI=1S/C14H23NO/c1-10-6-7-13(11(2)8-9-15-4)14(16-5)12(10)3/h6-7,11,15H,8-9H2,1-5H3. The Kier molecular flexibility index (Phi) is 4.81. The monoisotopic (exact) mass is 221 g/mol.